The van der Waals surface area contributed by atoms with Crippen LogP contribution in [0.3, 0.4) is 0 Å². The number of aromatic amines is 1. The highest BCUT2D eigenvalue weighted by molar-refractivity contribution is 7.12. The molecule has 2 aliphatic rings. The van der Waals surface area contributed by atoms with E-state index in [1.807, 2.05) is 23.3 Å². The summed E-state index contributed by atoms with van der Waals surface area (Å²) in [6.45, 7) is 5.13. The average molecular weight is 515 g/mol. The molecule has 1 aliphatic heterocycles. The standard InChI is InChI=1S/C23H28F2N4O3S.ClH/c1-23(2,26-8-7-24)12-6-9-28(11-12)18-15(25)10-14-17(20(18)32-3)29(13-4-5-13)22-16(19(14)30)21(31)27-33-22;/h10,12-13,26H,4-9,11H2,1-3H3,(H,27,31);1H/t12-;/m1./s1. The van der Waals surface area contributed by atoms with Gasteiger partial charge in [0.1, 0.15) is 22.6 Å². The molecular weight excluding hydrogens is 486 g/mol. The fourth-order valence-corrected chi connectivity index (χ4v) is 6.07. The molecule has 0 bridgehead atoms. The molecule has 1 atom stereocenters. The van der Waals surface area contributed by atoms with Gasteiger partial charge >= 0.3 is 0 Å². The summed E-state index contributed by atoms with van der Waals surface area (Å²) < 4.78 is 38.7. The van der Waals surface area contributed by atoms with Crippen LogP contribution in [0.15, 0.2) is 15.7 Å². The molecule has 2 N–H and O–H groups in total. The number of nitrogens with zero attached hydrogens (tertiary/aromatic N) is 2. The van der Waals surface area contributed by atoms with Gasteiger partial charge < -0.3 is 19.5 Å². The number of ether oxygens (including phenoxy) is 1. The highest BCUT2D eigenvalue weighted by Gasteiger charge is 2.38. The van der Waals surface area contributed by atoms with Crippen LogP contribution in [0.1, 0.15) is 39.2 Å². The van der Waals surface area contributed by atoms with Gasteiger partial charge in [0.25, 0.3) is 5.56 Å². The zero-order valence-electron chi connectivity index (χ0n) is 19.4. The Bertz CT molecular complexity index is 1350. The highest BCUT2D eigenvalue weighted by Crippen LogP contribution is 2.46. The molecule has 1 saturated heterocycles. The maximum absolute atomic E-state index is 15.6. The van der Waals surface area contributed by atoms with Crippen molar-refractivity contribution in [1.29, 1.82) is 0 Å². The third-order valence-electron chi connectivity index (χ3n) is 7.11. The van der Waals surface area contributed by atoms with Crippen LogP contribution in [0.2, 0.25) is 0 Å². The van der Waals surface area contributed by atoms with E-state index < -0.39 is 23.5 Å². The summed E-state index contributed by atoms with van der Waals surface area (Å²) in [6, 6.07) is 1.40. The number of alkyl halides is 1. The van der Waals surface area contributed by atoms with Crippen molar-refractivity contribution >= 4 is 50.7 Å². The monoisotopic (exact) mass is 514 g/mol. The summed E-state index contributed by atoms with van der Waals surface area (Å²) in [5.41, 5.74) is -0.336. The summed E-state index contributed by atoms with van der Waals surface area (Å²) >= 11 is 1.13. The molecule has 3 aromatic rings. The Labute approximate surface area is 205 Å². The summed E-state index contributed by atoms with van der Waals surface area (Å²) in [4.78, 5) is 28.1. The van der Waals surface area contributed by atoms with Crippen molar-refractivity contribution in [2.75, 3.05) is 38.3 Å². The largest absolute Gasteiger partial charge is 0.492 e. The van der Waals surface area contributed by atoms with E-state index in [1.165, 1.54) is 13.2 Å². The van der Waals surface area contributed by atoms with E-state index in [1.54, 1.807) is 0 Å². The molecule has 0 amide bonds. The second-order valence-electron chi connectivity index (χ2n) is 9.55. The maximum atomic E-state index is 15.6. The van der Waals surface area contributed by atoms with Crippen molar-refractivity contribution in [2.45, 2.75) is 44.7 Å². The first-order valence-electron chi connectivity index (χ1n) is 11.3. The predicted octanol–water partition coefficient (Wildman–Crippen LogP) is 3.97. The number of methoxy groups -OCH3 is 1. The van der Waals surface area contributed by atoms with Crippen molar-refractivity contribution in [3.8, 4) is 5.75 Å². The van der Waals surface area contributed by atoms with E-state index in [0.29, 0.717) is 34.9 Å². The van der Waals surface area contributed by atoms with Crippen LogP contribution in [0.4, 0.5) is 14.5 Å². The van der Waals surface area contributed by atoms with Crippen LogP contribution >= 0.6 is 23.9 Å². The number of fused-ring (bicyclic) bond motifs is 2. The second-order valence-corrected chi connectivity index (χ2v) is 10.3. The lowest BCUT2D eigenvalue weighted by atomic mass is 9.86. The quantitative estimate of drug-likeness (QED) is 0.499. The lowest BCUT2D eigenvalue weighted by Gasteiger charge is -2.33. The summed E-state index contributed by atoms with van der Waals surface area (Å²) in [5, 5.41) is 3.50. The lowest BCUT2D eigenvalue weighted by Crippen LogP contribution is -2.48. The molecule has 186 valence electrons. The van der Waals surface area contributed by atoms with E-state index in [0.717, 1.165) is 30.8 Å². The molecule has 11 heteroatoms. The van der Waals surface area contributed by atoms with Crippen LogP contribution < -0.4 is 25.9 Å². The Hall–Kier alpha value is -2.17. The van der Waals surface area contributed by atoms with Gasteiger partial charge in [0.15, 0.2) is 11.6 Å². The molecule has 0 spiro atoms. The van der Waals surface area contributed by atoms with Gasteiger partial charge in [-0.05, 0) is 56.6 Å². The molecule has 2 fully saturated rings. The minimum absolute atomic E-state index is 0. The first-order valence-corrected chi connectivity index (χ1v) is 12.1. The average Bonchev–Trinajstić information content (AvgIpc) is 3.36. The lowest BCUT2D eigenvalue weighted by molar-refractivity contribution is 0.261. The van der Waals surface area contributed by atoms with Gasteiger partial charge in [0.05, 0.1) is 18.0 Å². The molecule has 1 aromatic carbocycles. The minimum Gasteiger partial charge on any atom is -0.492 e. The van der Waals surface area contributed by atoms with Crippen LogP contribution in [0.25, 0.3) is 21.1 Å². The molecule has 3 heterocycles. The topological polar surface area (TPSA) is 79.4 Å². The molecule has 2 aromatic heterocycles. The summed E-state index contributed by atoms with van der Waals surface area (Å²) in [6.07, 6.45) is 2.67. The Morgan fingerprint density at radius 1 is 1.29 bits per heavy atom. The molecule has 1 saturated carbocycles. The van der Waals surface area contributed by atoms with Gasteiger partial charge in [-0.15, -0.1) is 12.4 Å². The number of benzene rings is 1. The molecule has 7 nitrogen and oxygen atoms in total. The molecule has 0 radical (unpaired) electrons. The molecular formula is C23H29ClF2N4O3S. The van der Waals surface area contributed by atoms with Gasteiger partial charge in [-0.2, -0.15) is 0 Å². The number of halogens is 3. The zero-order chi connectivity index (χ0) is 23.5. The number of pyridine rings is 1. The first kappa shape index (κ1) is 24.9. The number of aromatic nitrogens is 2. The Balaban J connectivity index is 0.00000274. The van der Waals surface area contributed by atoms with Crippen LogP contribution in [-0.4, -0.2) is 47.9 Å². The van der Waals surface area contributed by atoms with E-state index in [4.69, 9.17) is 4.74 Å². The van der Waals surface area contributed by atoms with Gasteiger partial charge in [-0.3, -0.25) is 14.0 Å². The van der Waals surface area contributed by atoms with Gasteiger partial charge in [-0.1, -0.05) is 0 Å². The Morgan fingerprint density at radius 3 is 2.68 bits per heavy atom. The van der Waals surface area contributed by atoms with Crippen LogP contribution in [0.5, 0.6) is 5.75 Å². The number of anilines is 1. The van der Waals surface area contributed by atoms with Crippen molar-refractivity contribution in [3.63, 3.8) is 0 Å². The first-order chi connectivity index (χ1) is 15.8. The molecule has 0 unspecified atom stereocenters. The number of hydrogen-bond acceptors (Lipinski definition) is 6. The number of hydrogen-bond donors (Lipinski definition) is 2. The van der Waals surface area contributed by atoms with Crippen molar-refractivity contribution in [2.24, 2.45) is 5.92 Å². The fourth-order valence-electron chi connectivity index (χ4n) is 5.15. The molecule has 34 heavy (non-hydrogen) atoms. The second kappa shape index (κ2) is 9.13. The number of nitrogens with one attached hydrogen (secondary N) is 2. The zero-order valence-corrected chi connectivity index (χ0v) is 21.0. The molecule has 5 rings (SSSR count). The summed E-state index contributed by atoms with van der Waals surface area (Å²) in [7, 11) is 1.49. The number of rotatable bonds is 7. The smallest absolute Gasteiger partial charge is 0.271 e. The summed E-state index contributed by atoms with van der Waals surface area (Å²) in [5.74, 6) is -0.0289. The fraction of sp³-hybridized carbons (Fsp3) is 0.565. The van der Waals surface area contributed by atoms with Crippen molar-refractivity contribution in [1.82, 2.24) is 14.3 Å². The maximum Gasteiger partial charge on any atom is 0.271 e. The van der Waals surface area contributed by atoms with Gasteiger partial charge in [-0.25, -0.2) is 8.78 Å². The highest BCUT2D eigenvalue weighted by atomic mass is 35.5. The molecule has 1 aliphatic carbocycles. The van der Waals surface area contributed by atoms with Crippen molar-refractivity contribution < 1.29 is 13.5 Å². The Kier molecular flexibility index (Phi) is 6.69. The third kappa shape index (κ3) is 3.89. The van der Waals surface area contributed by atoms with E-state index >= 15 is 4.39 Å². The number of H-pyrrole nitrogens is 1. The van der Waals surface area contributed by atoms with E-state index in [2.05, 4.69) is 9.69 Å². The SMILES string of the molecule is COc1c(N2CC[C@@H](C(C)(C)NCCF)C2)c(F)cc2c(=O)c3c(=O)[nH]sc3n(C3CC3)c12.Cl. The Morgan fingerprint density at radius 2 is 2.03 bits per heavy atom. The predicted molar refractivity (Wildman–Crippen MR) is 135 cm³/mol. The minimum atomic E-state index is -0.542. The van der Waals surface area contributed by atoms with E-state index in [9.17, 15) is 14.0 Å². The third-order valence-corrected chi connectivity index (χ3v) is 7.99. The van der Waals surface area contributed by atoms with Crippen LogP contribution in [0, 0.1) is 11.7 Å². The van der Waals surface area contributed by atoms with E-state index in [-0.39, 0.29) is 47.2 Å². The van der Waals surface area contributed by atoms with Crippen LogP contribution in [-0.2, 0) is 0 Å². The normalized spacial score (nSPS) is 18.6. The van der Waals surface area contributed by atoms with Crippen molar-refractivity contribution in [3.05, 3.63) is 32.5 Å². The van der Waals surface area contributed by atoms with Gasteiger partial charge in [0.2, 0.25) is 5.43 Å². The van der Waals surface area contributed by atoms with Gasteiger partial charge in [0, 0.05) is 31.2 Å².